The normalized spacial score (nSPS) is 25.1. The summed E-state index contributed by atoms with van der Waals surface area (Å²) >= 11 is 0. The molecule has 0 radical (unpaired) electrons. The number of nitrogens with two attached hydrogens (primary N) is 1. The van der Waals surface area contributed by atoms with Crippen LogP contribution in [0.15, 0.2) is 4.99 Å². The minimum Gasteiger partial charge on any atom is -0.353 e. The zero-order valence-corrected chi connectivity index (χ0v) is 11.6. The first-order chi connectivity index (χ1) is 8.79. The van der Waals surface area contributed by atoms with Crippen molar-refractivity contribution in [2.75, 3.05) is 0 Å². The van der Waals surface area contributed by atoms with Gasteiger partial charge in [-0.3, -0.25) is 5.43 Å². The second-order valence-corrected chi connectivity index (χ2v) is 5.89. The highest BCUT2D eigenvalue weighted by Gasteiger charge is 2.21. The average molecular weight is 252 g/mol. The van der Waals surface area contributed by atoms with Gasteiger partial charge in [0.25, 0.3) is 0 Å². The van der Waals surface area contributed by atoms with E-state index < -0.39 is 0 Å². The van der Waals surface area contributed by atoms with Gasteiger partial charge in [-0.15, -0.1) is 0 Å². The van der Waals surface area contributed by atoms with Gasteiger partial charge in [-0.1, -0.05) is 32.1 Å². The van der Waals surface area contributed by atoms with Crippen molar-refractivity contribution >= 4 is 5.96 Å². The summed E-state index contributed by atoms with van der Waals surface area (Å²) in [6, 6.07) is 0.948. The molecule has 0 aromatic heterocycles. The monoisotopic (exact) mass is 252 g/mol. The zero-order chi connectivity index (χ0) is 12.8. The molecule has 2 fully saturated rings. The van der Waals surface area contributed by atoms with Crippen LogP contribution in [0.3, 0.4) is 0 Å². The van der Waals surface area contributed by atoms with Crippen LogP contribution in [0, 0.1) is 5.92 Å². The molecule has 2 saturated carbocycles. The summed E-state index contributed by atoms with van der Waals surface area (Å²) < 4.78 is 0. The second-order valence-electron chi connectivity index (χ2n) is 5.89. The summed E-state index contributed by atoms with van der Waals surface area (Å²) in [6.45, 7) is 2.26. The summed E-state index contributed by atoms with van der Waals surface area (Å²) in [6.07, 6.45) is 11.9. The lowest BCUT2D eigenvalue weighted by atomic mass is 9.84. The van der Waals surface area contributed by atoms with E-state index in [0.29, 0.717) is 12.1 Å². The van der Waals surface area contributed by atoms with Gasteiger partial charge in [0, 0.05) is 6.04 Å². The van der Waals surface area contributed by atoms with Gasteiger partial charge in [0.05, 0.1) is 6.04 Å². The van der Waals surface area contributed by atoms with Crippen LogP contribution in [-0.4, -0.2) is 18.0 Å². The van der Waals surface area contributed by atoms with Crippen LogP contribution in [0.5, 0.6) is 0 Å². The van der Waals surface area contributed by atoms with Crippen molar-refractivity contribution in [1.82, 2.24) is 10.7 Å². The molecule has 2 rings (SSSR count). The van der Waals surface area contributed by atoms with Crippen molar-refractivity contribution in [3.8, 4) is 0 Å². The molecule has 2 aliphatic carbocycles. The largest absolute Gasteiger partial charge is 0.353 e. The Labute approximate surface area is 111 Å². The summed E-state index contributed by atoms with van der Waals surface area (Å²) in [4.78, 5) is 4.70. The fraction of sp³-hybridized carbons (Fsp3) is 0.929. The maximum absolute atomic E-state index is 5.59. The van der Waals surface area contributed by atoms with Crippen LogP contribution in [0.1, 0.15) is 64.7 Å². The first kappa shape index (κ1) is 13.7. The Bertz CT molecular complexity index is 265. The fourth-order valence-electron chi connectivity index (χ4n) is 3.30. The SMILES string of the molecule is CC(NC(=NC1CCCC1)NN)C1CCCCC1. The van der Waals surface area contributed by atoms with E-state index in [9.17, 15) is 0 Å². The first-order valence-electron chi connectivity index (χ1n) is 7.60. The Balaban J connectivity index is 1.84. The molecule has 4 nitrogen and oxygen atoms in total. The molecule has 4 heteroatoms. The van der Waals surface area contributed by atoms with Crippen LogP contribution in [0.25, 0.3) is 0 Å². The van der Waals surface area contributed by atoms with E-state index in [4.69, 9.17) is 10.8 Å². The zero-order valence-electron chi connectivity index (χ0n) is 11.6. The van der Waals surface area contributed by atoms with Crippen molar-refractivity contribution in [1.29, 1.82) is 0 Å². The number of hydrogen-bond donors (Lipinski definition) is 3. The molecule has 1 atom stereocenters. The third-order valence-electron chi connectivity index (χ3n) is 4.49. The molecular weight excluding hydrogens is 224 g/mol. The third-order valence-corrected chi connectivity index (χ3v) is 4.49. The van der Waals surface area contributed by atoms with E-state index in [2.05, 4.69) is 17.7 Å². The molecule has 0 aromatic carbocycles. The Morgan fingerprint density at radius 2 is 1.67 bits per heavy atom. The highest BCUT2D eigenvalue weighted by molar-refractivity contribution is 5.79. The smallest absolute Gasteiger partial charge is 0.206 e. The van der Waals surface area contributed by atoms with Gasteiger partial charge in [0.2, 0.25) is 5.96 Å². The maximum atomic E-state index is 5.59. The standard InChI is InChI=1S/C14H28N4/c1-11(12-7-3-2-4-8-12)16-14(18-15)17-13-9-5-6-10-13/h11-13H,2-10,15H2,1H3,(H2,16,17,18). The maximum Gasteiger partial charge on any atom is 0.206 e. The molecule has 0 saturated heterocycles. The molecule has 0 aromatic rings. The summed E-state index contributed by atoms with van der Waals surface area (Å²) in [7, 11) is 0. The lowest BCUT2D eigenvalue weighted by Gasteiger charge is -2.29. The number of guanidine groups is 1. The van der Waals surface area contributed by atoms with Gasteiger partial charge >= 0.3 is 0 Å². The number of hydrazine groups is 1. The van der Waals surface area contributed by atoms with Gasteiger partial charge in [0.15, 0.2) is 0 Å². The highest BCUT2D eigenvalue weighted by Crippen LogP contribution is 2.26. The molecule has 0 spiro atoms. The Morgan fingerprint density at radius 3 is 2.28 bits per heavy atom. The number of hydrogen-bond acceptors (Lipinski definition) is 2. The number of rotatable bonds is 3. The Kier molecular flexibility index (Phi) is 5.29. The molecule has 0 bridgehead atoms. The highest BCUT2D eigenvalue weighted by atomic mass is 15.3. The minimum absolute atomic E-state index is 0.474. The van der Waals surface area contributed by atoms with E-state index in [1.807, 2.05) is 0 Å². The molecule has 1 unspecified atom stereocenters. The topological polar surface area (TPSA) is 62.4 Å². The van der Waals surface area contributed by atoms with E-state index in [-0.39, 0.29) is 0 Å². The van der Waals surface area contributed by atoms with Crippen molar-refractivity contribution in [2.45, 2.75) is 76.8 Å². The van der Waals surface area contributed by atoms with Crippen molar-refractivity contribution < 1.29 is 0 Å². The molecule has 18 heavy (non-hydrogen) atoms. The molecule has 104 valence electrons. The number of aliphatic imine (C=N–C) groups is 1. The quantitative estimate of drug-likeness (QED) is 0.312. The van der Waals surface area contributed by atoms with E-state index in [1.54, 1.807) is 0 Å². The van der Waals surface area contributed by atoms with Crippen LogP contribution >= 0.6 is 0 Å². The predicted octanol–water partition coefficient (Wildman–Crippen LogP) is 2.31. The second kappa shape index (κ2) is 6.98. The van der Waals surface area contributed by atoms with Gasteiger partial charge in [0.1, 0.15) is 0 Å². The molecule has 2 aliphatic rings. The van der Waals surface area contributed by atoms with Crippen molar-refractivity contribution in [3.63, 3.8) is 0 Å². The molecule has 0 amide bonds. The van der Waals surface area contributed by atoms with E-state index in [1.165, 1.54) is 57.8 Å². The van der Waals surface area contributed by atoms with Crippen molar-refractivity contribution in [2.24, 2.45) is 16.8 Å². The summed E-state index contributed by atoms with van der Waals surface area (Å²) in [5.74, 6) is 7.16. The van der Waals surface area contributed by atoms with Gasteiger partial charge < -0.3 is 5.32 Å². The van der Waals surface area contributed by atoms with Crippen LogP contribution in [0.4, 0.5) is 0 Å². The summed E-state index contributed by atoms with van der Waals surface area (Å²) in [5.41, 5.74) is 2.74. The molecule has 4 N–H and O–H groups in total. The van der Waals surface area contributed by atoms with Crippen molar-refractivity contribution in [3.05, 3.63) is 0 Å². The Morgan fingerprint density at radius 1 is 1.06 bits per heavy atom. The predicted molar refractivity (Wildman–Crippen MR) is 76.2 cm³/mol. The lowest BCUT2D eigenvalue weighted by Crippen LogP contribution is -2.48. The first-order valence-corrected chi connectivity index (χ1v) is 7.60. The average Bonchev–Trinajstić information content (AvgIpc) is 2.91. The van der Waals surface area contributed by atoms with Gasteiger partial charge in [-0.2, -0.15) is 0 Å². The Hall–Kier alpha value is -0.770. The van der Waals surface area contributed by atoms with Crippen LogP contribution in [-0.2, 0) is 0 Å². The van der Waals surface area contributed by atoms with Crippen LogP contribution < -0.4 is 16.6 Å². The third kappa shape index (κ3) is 3.87. The van der Waals surface area contributed by atoms with Crippen LogP contribution in [0.2, 0.25) is 0 Å². The van der Waals surface area contributed by atoms with E-state index >= 15 is 0 Å². The minimum atomic E-state index is 0.474. The lowest BCUT2D eigenvalue weighted by molar-refractivity contribution is 0.300. The fourth-order valence-corrected chi connectivity index (χ4v) is 3.30. The number of nitrogens with one attached hydrogen (secondary N) is 2. The van der Waals surface area contributed by atoms with Gasteiger partial charge in [-0.25, -0.2) is 10.8 Å². The molecular formula is C14H28N4. The van der Waals surface area contributed by atoms with Gasteiger partial charge in [-0.05, 0) is 38.5 Å². The summed E-state index contributed by atoms with van der Waals surface area (Å²) in [5, 5.41) is 3.48. The van der Waals surface area contributed by atoms with E-state index in [0.717, 1.165) is 11.9 Å². The molecule has 0 heterocycles. The molecule has 0 aliphatic heterocycles. The number of nitrogens with zero attached hydrogens (tertiary/aromatic N) is 1.